The smallest absolute Gasteiger partial charge is 0.331 e. The van der Waals surface area contributed by atoms with Crippen molar-refractivity contribution in [2.24, 2.45) is 0 Å². The van der Waals surface area contributed by atoms with Gasteiger partial charge in [0.25, 0.3) is 23.6 Å². The molecule has 196 valence electrons. The number of fused-ring (bicyclic) bond motifs is 1. The van der Waals surface area contributed by atoms with Crippen molar-refractivity contribution in [1.29, 1.82) is 0 Å². The van der Waals surface area contributed by atoms with Crippen LogP contribution in [0.5, 0.6) is 11.5 Å². The number of carbonyl (C=O) groups excluding carboxylic acids is 5. The zero-order valence-electron chi connectivity index (χ0n) is 21.1. The zero-order chi connectivity index (χ0) is 27.7. The van der Waals surface area contributed by atoms with Gasteiger partial charge >= 0.3 is 6.03 Å². The highest BCUT2D eigenvalue weighted by molar-refractivity contribution is 6.31. The number of hydrogen-bond acceptors (Lipinski definition) is 7. The van der Waals surface area contributed by atoms with Gasteiger partial charge in [-0.15, -0.1) is 0 Å². The summed E-state index contributed by atoms with van der Waals surface area (Å²) in [5.41, 5.74) is 2.02. The summed E-state index contributed by atoms with van der Waals surface area (Å²) in [6.45, 7) is -0.123. The molecule has 5 rings (SSSR count). The number of nitrogens with one attached hydrogen (secondary N) is 1. The number of rotatable bonds is 7. The van der Waals surface area contributed by atoms with Gasteiger partial charge in [-0.3, -0.25) is 34.3 Å². The predicted molar refractivity (Wildman–Crippen MR) is 139 cm³/mol. The second kappa shape index (κ2) is 10.3. The van der Waals surface area contributed by atoms with E-state index in [0.29, 0.717) is 39.3 Å². The summed E-state index contributed by atoms with van der Waals surface area (Å²) in [5.74, 6) is -1.37. The van der Waals surface area contributed by atoms with Crippen LogP contribution in [-0.2, 0) is 22.7 Å². The van der Waals surface area contributed by atoms with Crippen LogP contribution in [0.2, 0.25) is 0 Å². The van der Waals surface area contributed by atoms with Crippen LogP contribution in [0.4, 0.5) is 4.79 Å². The van der Waals surface area contributed by atoms with Crippen LogP contribution in [0, 0.1) is 0 Å². The summed E-state index contributed by atoms with van der Waals surface area (Å²) < 4.78 is 10.6. The van der Waals surface area contributed by atoms with E-state index in [1.165, 1.54) is 20.3 Å². The van der Waals surface area contributed by atoms with Crippen LogP contribution in [0.3, 0.4) is 0 Å². The van der Waals surface area contributed by atoms with Gasteiger partial charge in [0.2, 0.25) is 0 Å². The second-order valence-corrected chi connectivity index (χ2v) is 8.87. The monoisotopic (exact) mass is 525 g/mol. The molecule has 0 bridgehead atoms. The number of hydrogen-bond donors (Lipinski definition) is 1. The van der Waals surface area contributed by atoms with Crippen molar-refractivity contribution in [2.45, 2.75) is 13.1 Å². The molecule has 2 heterocycles. The molecule has 1 N–H and O–H groups in total. The Kier molecular flexibility index (Phi) is 6.68. The quantitative estimate of drug-likeness (QED) is 0.286. The first-order valence-corrected chi connectivity index (χ1v) is 11.9. The van der Waals surface area contributed by atoms with E-state index in [0.717, 1.165) is 9.80 Å². The van der Waals surface area contributed by atoms with E-state index in [9.17, 15) is 24.0 Å². The largest absolute Gasteiger partial charge is 0.497 e. The lowest BCUT2D eigenvalue weighted by atomic mass is 10.0. The average molecular weight is 526 g/mol. The van der Waals surface area contributed by atoms with Crippen molar-refractivity contribution in [2.75, 3.05) is 14.2 Å². The van der Waals surface area contributed by atoms with Crippen molar-refractivity contribution < 1.29 is 33.4 Å². The number of ether oxygens (including phenoxy) is 2. The Morgan fingerprint density at radius 1 is 0.744 bits per heavy atom. The van der Waals surface area contributed by atoms with E-state index in [2.05, 4.69) is 5.32 Å². The van der Waals surface area contributed by atoms with E-state index in [1.54, 1.807) is 66.7 Å². The maximum Gasteiger partial charge on any atom is 0.331 e. The number of nitrogens with zero attached hydrogens (tertiary/aromatic N) is 2. The molecule has 10 heteroatoms. The molecule has 0 aliphatic carbocycles. The molecule has 0 unspecified atom stereocenters. The summed E-state index contributed by atoms with van der Waals surface area (Å²) in [4.78, 5) is 66.1. The van der Waals surface area contributed by atoms with Crippen LogP contribution in [-0.4, -0.2) is 53.7 Å². The SMILES string of the molecule is COc1ccc(CN2C(=O)NC(=O)/C(=C/c3ccc(OC)c(CN4C(=O)c5ccccc5C4=O)c3)C2=O)cc1. The molecule has 0 spiro atoms. The Morgan fingerprint density at radius 3 is 2.03 bits per heavy atom. The number of carbonyl (C=O) groups is 5. The Labute approximate surface area is 223 Å². The van der Waals surface area contributed by atoms with Crippen molar-refractivity contribution in [1.82, 2.24) is 15.1 Å². The fraction of sp³-hybridized carbons (Fsp3) is 0.138. The van der Waals surface area contributed by atoms with Crippen molar-refractivity contribution in [3.05, 3.63) is 100 Å². The molecule has 0 radical (unpaired) electrons. The first kappa shape index (κ1) is 25.4. The Hall–Kier alpha value is -5.25. The molecule has 3 aromatic carbocycles. The summed E-state index contributed by atoms with van der Waals surface area (Å²) in [5, 5.41) is 2.20. The first-order chi connectivity index (χ1) is 18.8. The lowest BCUT2D eigenvalue weighted by Crippen LogP contribution is -2.53. The van der Waals surface area contributed by atoms with Crippen LogP contribution in [0.1, 0.15) is 37.4 Å². The summed E-state index contributed by atoms with van der Waals surface area (Å²) in [6.07, 6.45) is 1.36. The fourth-order valence-electron chi connectivity index (χ4n) is 4.48. The standard InChI is InChI=1S/C29H23N3O7/c1-38-20-10-7-17(8-11-20)15-32-28(36)23(25(33)30-29(32)37)14-18-9-12-24(39-2)19(13-18)16-31-26(34)21-5-3-4-6-22(21)27(31)35/h3-14H,15-16H2,1-2H3,(H,30,33,37)/b23-14-. The van der Waals surface area contributed by atoms with Crippen LogP contribution < -0.4 is 14.8 Å². The Bertz CT molecular complexity index is 1520. The van der Waals surface area contributed by atoms with Gasteiger partial charge in [0.1, 0.15) is 17.1 Å². The third-order valence-electron chi connectivity index (χ3n) is 6.51. The van der Waals surface area contributed by atoms with Gasteiger partial charge in [-0.05, 0) is 53.6 Å². The number of benzene rings is 3. The summed E-state index contributed by atoms with van der Waals surface area (Å²) in [6, 6.07) is 17.5. The zero-order valence-corrected chi connectivity index (χ0v) is 21.1. The van der Waals surface area contributed by atoms with Crippen LogP contribution >= 0.6 is 0 Å². The fourth-order valence-corrected chi connectivity index (χ4v) is 4.48. The maximum absolute atomic E-state index is 13.2. The number of urea groups is 1. The topological polar surface area (TPSA) is 122 Å². The first-order valence-electron chi connectivity index (χ1n) is 11.9. The molecule has 0 aromatic heterocycles. The highest BCUT2D eigenvalue weighted by Gasteiger charge is 2.37. The Balaban J connectivity index is 1.42. The number of amides is 6. The van der Waals surface area contributed by atoms with Crippen LogP contribution in [0.15, 0.2) is 72.3 Å². The molecule has 1 saturated heterocycles. The lowest BCUT2D eigenvalue weighted by molar-refractivity contribution is -0.130. The second-order valence-electron chi connectivity index (χ2n) is 8.87. The summed E-state index contributed by atoms with van der Waals surface area (Å²) in [7, 11) is 2.99. The third-order valence-corrected chi connectivity index (χ3v) is 6.51. The Morgan fingerprint density at radius 2 is 1.41 bits per heavy atom. The van der Waals surface area contributed by atoms with Gasteiger partial charge < -0.3 is 9.47 Å². The molecule has 39 heavy (non-hydrogen) atoms. The van der Waals surface area contributed by atoms with Gasteiger partial charge in [0.15, 0.2) is 0 Å². The molecule has 3 aromatic rings. The van der Waals surface area contributed by atoms with E-state index >= 15 is 0 Å². The lowest BCUT2D eigenvalue weighted by Gasteiger charge is -2.26. The number of imide groups is 3. The van der Waals surface area contributed by atoms with Gasteiger partial charge in [-0.1, -0.05) is 30.3 Å². The minimum atomic E-state index is -0.825. The van der Waals surface area contributed by atoms with E-state index < -0.39 is 29.7 Å². The molecule has 0 saturated carbocycles. The number of methoxy groups -OCH3 is 2. The minimum Gasteiger partial charge on any atom is -0.497 e. The van der Waals surface area contributed by atoms with Gasteiger partial charge in [-0.25, -0.2) is 4.79 Å². The number of barbiturate groups is 1. The highest BCUT2D eigenvalue weighted by Crippen LogP contribution is 2.29. The van der Waals surface area contributed by atoms with Crippen molar-refractivity contribution >= 4 is 35.7 Å². The van der Waals surface area contributed by atoms with Gasteiger partial charge in [0, 0.05) is 5.56 Å². The maximum atomic E-state index is 13.2. The third kappa shape index (κ3) is 4.75. The van der Waals surface area contributed by atoms with Gasteiger partial charge in [-0.2, -0.15) is 0 Å². The molecule has 10 nitrogen and oxygen atoms in total. The molecule has 1 fully saturated rings. The molecular formula is C29H23N3O7. The highest BCUT2D eigenvalue weighted by atomic mass is 16.5. The molecule has 0 atom stereocenters. The molecule has 2 aliphatic rings. The molecular weight excluding hydrogens is 502 g/mol. The minimum absolute atomic E-state index is 0.0487. The van der Waals surface area contributed by atoms with E-state index in [1.807, 2.05) is 0 Å². The molecule has 2 aliphatic heterocycles. The van der Waals surface area contributed by atoms with Gasteiger partial charge in [0.05, 0.1) is 38.4 Å². The summed E-state index contributed by atoms with van der Waals surface area (Å²) >= 11 is 0. The normalized spacial score (nSPS) is 16.1. The average Bonchev–Trinajstić information content (AvgIpc) is 3.18. The predicted octanol–water partition coefficient (Wildman–Crippen LogP) is 3.16. The molecule has 6 amide bonds. The van der Waals surface area contributed by atoms with E-state index in [4.69, 9.17) is 9.47 Å². The van der Waals surface area contributed by atoms with Crippen molar-refractivity contribution in [3.8, 4) is 11.5 Å². The van der Waals surface area contributed by atoms with Crippen LogP contribution in [0.25, 0.3) is 6.08 Å². The van der Waals surface area contributed by atoms with Crippen molar-refractivity contribution in [3.63, 3.8) is 0 Å². The van der Waals surface area contributed by atoms with E-state index in [-0.39, 0.29) is 18.7 Å².